The van der Waals surface area contributed by atoms with Gasteiger partial charge in [-0.25, -0.2) is 9.59 Å². The van der Waals surface area contributed by atoms with Gasteiger partial charge in [0.25, 0.3) is 0 Å². The maximum absolute atomic E-state index is 11.8. The van der Waals surface area contributed by atoms with Crippen molar-refractivity contribution < 1.29 is 24.3 Å². The average molecular weight is 401 g/mol. The van der Waals surface area contributed by atoms with E-state index < -0.39 is 11.9 Å². The first-order valence-electron chi connectivity index (χ1n) is 9.43. The van der Waals surface area contributed by atoms with E-state index in [2.05, 4.69) is 11.7 Å². The summed E-state index contributed by atoms with van der Waals surface area (Å²) in [5, 5.41) is 17.1. The third-order valence-corrected chi connectivity index (χ3v) is 4.91. The van der Waals surface area contributed by atoms with Gasteiger partial charge in [-0.05, 0) is 39.3 Å². The number of nitrogens with zero attached hydrogens (tertiary/aromatic N) is 1. The number of fused-ring (bicyclic) bond motifs is 2. The number of hydrogen-bond acceptors (Lipinski definition) is 5. The Hall–Kier alpha value is -3.77. The maximum atomic E-state index is 11.8. The van der Waals surface area contributed by atoms with Crippen molar-refractivity contribution in [2.75, 3.05) is 6.61 Å². The van der Waals surface area contributed by atoms with E-state index in [0.29, 0.717) is 13.0 Å². The lowest BCUT2D eigenvalue weighted by Crippen LogP contribution is -2.04. The monoisotopic (exact) mass is 401 g/mol. The van der Waals surface area contributed by atoms with E-state index in [0.717, 1.165) is 38.7 Å². The molecule has 4 rings (SSSR count). The summed E-state index contributed by atoms with van der Waals surface area (Å²) in [6.07, 6.45) is 4.50. The Morgan fingerprint density at radius 1 is 1.20 bits per heavy atom. The third kappa shape index (κ3) is 4.14. The highest BCUT2D eigenvalue weighted by Gasteiger charge is 2.26. The molecule has 1 atom stereocenters. The van der Waals surface area contributed by atoms with Gasteiger partial charge in [-0.15, -0.1) is 0 Å². The molecule has 1 heterocycles. The summed E-state index contributed by atoms with van der Waals surface area (Å²) in [6.45, 7) is 3.94. The molecule has 3 aromatic rings. The maximum Gasteiger partial charge on any atom is 0.357 e. The second kappa shape index (κ2) is 8.31. The number of benzene rings is 3. The number of carboxylic acid groups (broad SMARTS) is 1. The Morgan fingerprint density at radius 3 is 2.70 bits per heavy atom. The van der Waals surface area contributed by atoms with Crippen LogP contribution in [0.1, 0.15) is 17.5 Å². The molecule has 0 aliphatic carbocycles. The molecule has 1 saturated heterocycles. The number of carboxylic acids is 1. The van der Waals surface area contributed by atoms with Crippen LogP contribution in [0.25, 0.3) is 27.6 Å². The molecule has 3 aromatic carbocycles. The van der Waals surface area contributed by atoms with E-state index in [1.54, 1.807) is 6.08 Å². The largest absolute Gasteiger partial charge is 0.478 e. The summed E-state index contributed by atoms with van der Waals surface area (Å²) in [4.78, 5) is 27.9. The molecule has 1 aliphatic rings. The number of aliphatic carboxylic acids is 1. The molecule has 0 aromatic heterocycles. The van der Waals surface area contributed by atoms with Crippen LogP contribution in [0.5, 0.6) is 0 Å². The van der Waals surface area contributed by atoms with E-state index >= 15 is 0 Å². The molecule has 0 bridgehead atoms. The first-order chi connectivity index (χ1) is 14.6. The van der Waals surface area contributed by atoms with Crippen molar-refractivity contribution >= 4 is 45.8 Å². The Labute approximate surface area is 172 Å². The van der Waals surface area contributed by atoms with Crippen LogP contribution >= 0.6 is 0 Å². The van der Waals surface area contributed by atoms with Crippen LogP contribution in [-0.2, 0) is 19.2 Å². The van der Waals surface area contributed by atoms with Crippen LogP contribution < -0.4 is 0 Å². The zero-order valence-corrected chi connectivity index (χ0v) is 16.1. The summed E-state index contributed by atoms with van der Waals surface area (Å²) in [5.74, 6) is -1.63. The van der Waals surface area contributed by atoms with Gasteiger partial charge in [-0.2, -0.15) is 0 Å². The first-order valence-corrected chi connectivity index (χ1v) is 9.43. The van der Waals surface area contributed by atoms with Gasteiger partial charge in [0, 0.05) is 23.6 Å². The second-order valence-corrected chi connectivity index (χ2v) is 6.94. The molecule has 1 aliphatic heterocycles. The molecule has 0 saturated carbocycles. The van der Waals surface area contributed by atoms with Gasteiger partial charge in [0.1, 0.15) is 0 Å². The number of epoxide rings is 1. The molecule has 1 fully saturated rings. The van der Waals surface area contributed by atoms with Crippen LogP contribution in [-0.4, -0.2) is 36.0 Å². The molecule has 30 heavy (non-hydrogen) atoms. The predicted octanol–water partition coefficient (Wildman–Crippen LogP) is 4.31. The fourth-order valence-corrected chi connectivity index (χ4v) is 3.44. The quantitative estimate of drug-likeness (QED) is 0.159. The van der Waals surface area contributed by atoms with Gasteiger partial charge in [-0.1, -0.05) is 54.2 Å². The number of carbonyl (C=O) groups is 2. The molecule has 150 valence electrons. The molecule has 0 amide bonds. The Morgan fingerprint density at radius 2 is 1.97 bits per heavy atom. The van der Waals surface area contributed by atoms with Crippen molar-refractivity contribution in [1.29, 1.82) is 0 Å². The highest BCUT2D eigenvalue weighted by atomic mass is 16.7. The minimum Gasteiger partial charge on any atom is -0.478 e. The van der Waals surface area contributed by atoms with Gasteiger partial charge >= 0.3 is 11.9 Å². The lowest BCUT2D eigenvalue weighted by molar-refractivity contribution is -0.137. The summed E-state index contributed by atoms with van der Waals surface area (Å²) < 4.78 is 5.20. The highest BCUT2D eigenvalue weighted by Crippen LogP contribution is 2.32. The van der Waals surface area contributed by atoms with Crippen LogP contribution in [0.3, 0.4) is 0 Å². The summed E-state index contributed by atoms with van der Waals surface area (Å²) in [6, 6.07) is 15.5. The lowest BCUT2D eigenvalue weighted by Gasteiger charge is -2.11. The molecule has 1 N–H and O–H groups in total. The predicted molar refractivity (Wildman–Crippen MR) is 115 cm³/mol. The second-order valence-electron chi connectivity index (χ2n) is 6.94. The van der Waals surface area contributed by atoms with Crippen LogP contribution in [0, 0.1) is 0 Å². The minimum absolute atomic E-state index is 0.0393. The van der Waals surface area contributed by atoms with Crippen molar-refractivity contribution in [3.05, 3.63) is 77.9 Å². The third-order valence-electron chi connectivity index (χ3n) is 4.91. The average Bonchev–Trinajstić information content (AvgIpc) is 3.56. The Kier molecular flexibility index (Phi) is 5.41. The van der Waals surface area contributed by atoms with Crippen LogP contribution in [0.2, 0.25) is 0 Å². The smallest absolute Gasteiger partial charge is 0.357 e. The fourth-order valence-electron chi connectivity index (χ4n) is 3.44. The lowest BCUT2D eigenvalue weighted by atomic mass is 9.93. The van der Waals surface area contributed by atoms with Gasteiger partial charge in [0.15, 0.2) is 0 Å². The normalized spacial score (nSPS) is 16.1. The Balaban J connectivity index is 1.93. The van der Waals surface area contributed by atoms with Gasteiger partial charge in [-0.3, -0.25) is 0 Å². The molecular weight excluding hydrogens is 382 g/mol. The zero-order valence-electron chi connectivity index (χ0n) is 16.1. The SMILES string of the molecule is C=CC(=O)ON=Cc1c2ccccc2cc2cccc(C=C(CC3CO3)C(=O)O)c12. The van der Waals surface area contributed by atoms with E-state index in [-0.39, 0.29) is 11.7 Å². The van der Waals surface area contributed by atoms with Gasteiger partial charge in [0.05, 0.1) is 18.9 Å². The summed E-state index contributed by atoms with van der Waals surface area (Å²) >= 11 is 0. The van der Waals surface area contributed by atoms with E-state index in [1.165, 1.54) is 6.21 Å². The van der Waals surface area contributed by atoms with Gasteiger partial charge in [0.2, 0.25) is 0 Å². The topological polar surface area (TPSA) is 88.5 Å². The van der Waals surface area contributed by atoms with Crippen molar-refractivity contribution in [2.24, 2.45) is 5.16 Å². The standard InChI is InChI=1S/C24H19NO5/c1-2-22(26)30-25-13-21-20-9-4-3-6-15(20)10-16-7-5-8-17(23(16)21)11-18(24(27)28)12-19-14-29-19/h2-11,13,19H,1,12,14H2,(H,27,28). The van der Waals surface area contributed by atoms with E-state index in [9.17, 15) is 14.7 Å². The van der Waals surface area contributed by atoms with Crippen LogP contribution in [0.4, 0.5) is 0 Å². The number of rotatable bonds is 7. The molecule has 6 nitrogen and oxygen atoms in total. The molecule has 0 spiro atoms. The summed E-state index contributed by atoms with van der Waals surface area (Å²) in [5.41, 5.74) is 1.76. The zero-order chi connectivity index (χ0) is 21.1. The first kappa shape index (κ1) is 19.5. The number of ether oxygens (including phenoxy) is 1. The summed E-state index contributed by atoms with van der Waals surface area (Å²) in [7, 11) is 0. The van der Waals surface area contributed by atoms with E-state index in [4.69, 9.17) is 9.57 Å². The van der Waals surface area contributed by atoms with Crippen molar-refractivity contribution in [2.45, 2.75) is 12.5 Å². The van der Waals surface area contributed by atoms with Crippen molar-refractivity contribution in [3.63, 3.8) is 0 Å². The minimum atomic E-state index is -0.974. The van der Waals surface area contributed by atoms with E-state index in [1.807, 2.05) is 48.5 Å². The highest BCUT2D eigenvalue weighted by molar-refractivity contribution is 6.16. The van der Waals surface area contributed by atoms with Gasteiger partial charge < -0.3 is 14.7 Å². The fraction of sp³-hybridized carbons (Fsp3) is 0.125. The van der Waals surface area contributed by atoms with Crippen LogP contribution in [0.15, 0.2) is 71.9 Å². The number of oxime groups is 1. The molecule has 6 heteroatoms. The molecular formula is C24H19NO5. The molecule has 1 unspecified atom stereocenters. The number of carbonyl (C=O) groups excluding carboxylic acids is 1. The van der Waals surface area contributed by atoms with Crippen molar-refractivity contribution in [1.82, 2.24) is 0 Å². The Bertz CT molecular complexity index is 1220. The van der Waals surface area contributed by atoms with Crippen molar-refractivity contribution in [3.8, 4) is 0 Å². The molecule has 0 radical (unpaired) electrons. The number of hydrogen-bond donors (Lipinski definition) is 1.